The summed E-state index contributed by atoms with van der Waals surface area (Å²) in [5, 5.41) is 7.70. The fraction of sp³-hybridized carbons (Fsp3) is 0.667. The van der Waals surface area contributed by atoms with Crippen molar-refractivity contribution in [1.29, 1.82) is 0 Å². The molecule has 2 aliphatic carbocycles. The largest absolute Gasteiger partial charge is 0.469 e. The van der Waals surface area contributed by atoms with Crippen LogP contribution in [-0.2, 0) is 19.1 Å². The molecule has 4 N–H and O–H groups in total. The third-order valence-electron chi connectivity index (χ3n) is 7.20. The summed E-state index contributed by atoms with van der Waals surface area (Å²) < 4.78 is 62.8. The van der Waals surface area contributed by atoms with Crippen LogP contribution >= 0.6 is 0 Å². The van der Waals surface area contributed by atoms with Gasteiger partial charge in [0.05, 0.1) is 49.5 Å². The number of alkyl halides is 4. The lowest BCUT2D eigenvalue weighted by molar-refractivity contribution is -0.147. The highest BCUT2D eigenvalue weighted by Gasteiger charge is 2.30. The number of hydrogen-bond donors (Lipinski definition) is 2. The molecule has 0 atom stereocenters. The van der Waals surface area contributed by atoms with Crippen molar-refractivity contribution in [3.05, 3.63) is 23.8 Å². The number of carbonyl (C=O) groups excluding carboxylic acids is 2. The SMILES string of the molecule is COC(=O)C1CCC(n2cc(N)c(C(F)F)n2)CC1.COC(=O)C1CCC(n2cc(N)c(C(F)F)n2)CC1. The number of hydrogen-bond acceptors (Lipinski definition) is 8. The van der Waals surface area contributed by atoms with Crippen LogP contribution in [0.1, 0.15) is 87.7 Å². The van der Waals surface area contributed by atoms with E-state index in [1.54, 1.807) is 0 Å². The molecule has 2 aromatic heterocycles. The number of halogens is 4. The zero-order chi connectivity index (χ0) is 28.0. The molecular formula is C24H34F4N6O4. The van der Waals surface area contributed by atoms with Crippen LogP contribution < -0.4 is 11.5 Å². The fourth-order valence-electron chi connectivity index (χ4n) is 5.04. The second-order valence-corrected chi connectivity index (χ2v) is 9.56. The Balaban J connectivity index is 0.000000211. The molecule has 0 spiro atoms. The highest BCUT2D eigenvalue weighted by molar-refractivity contribution is 5.72. The summed E-state index contributed by atoms with van der Waals surface area (Å²) in [5.74, 6) is -0.592. The molecule has 38 heavy (non-hydrogen) atoms. The molecule has 0 amide bonds. The highest BCUT2D eigenvalue weighted by Crippen LogP contribution is 2.35. The van der Waals surface area contributed by atoms with Crippen molar-refractivity contribution in [3.8, 4) is 0 Å². The summed E-state index contributed by atoms with van der Waals surface area (Å²) in [4.78, 5) is 22.8. The van der Waals surface area contributed by atoms with E-state index < -0.39 is 12.9 Å². The van der Waals surface area contributed by atoms with Gasteiger partial charge in [-0.05, 0) is 51.4 Å². The minimum Gasteiger partial charge on any atom is -0.469 e. The molecule has 0 aliphatic heterocycles. The van der Waals surface area contributed by atoms with Crippen LogP contribution in [0.5, 0.6) is 0 Å². The Morgan fingerprint density at radius 1 is 0.737 bits per heavy atom. The van der Waals surface area contributed by atoms with Gasteiger partial charge in [-0.3, -0.25) is 19.0 Å². The number of rotatable bonds is 6. The van der Waals surface area contributed by atoms with Gasteiger partial charge in [0.1, 0.15) is 0 Å². The Kier molecular flexibility index (Phi) is 9.97. The normalized spacial score (nSPS) is 23.6. The average molecular weight is 547 g/mol. The van der Waals surface area contributed by atoms with Crippen LogP contribution in [0.3, 0.4) is 0 Å². The third kappa shape index (κ3) is 6.95. The molecule has 0 radical (unpaired) electrons. The molecule has 0 saturated heterocycles. The predicted molar refractivity (Wildman–Crippen MR) is 129 cm³/mol. The van der Waals surface area contributed by atoms with Crippen molar-refractivity contribution in [1.82, 2.24) is 19.6 Å². The van der Waals surface area contributed by atoms with Gasteiger partial charge in [-0.2, -0.15) is 10.2 Å². The molecule has 2 fully saturated rings. The van der Waals surface area contributed by atoms with E-state index in [-0.39, 0.29) is 58.6 Å². The minimum absolute atomic E-state index is 0.0186. The quantitative estimate of drug-likeness (QED) is 0.395. The topological polar surface area (TPSA) is 140 Å². The highest BCUT2D eigenvalue weighted by atomic mass is 19.3. The Labute approximate surface area is 217 Å². The van der Waals surface area contributed by atoms with Crippen molar-refractivity contribution < 1.29 is 36.6 Å². The van der Waals surface area contributed by atoms with Crippen molar-refractivity contribution >= 4 is 23.3 Å². The number of methoxy groups -OCH3 is 2. The van der Waals surface area contributed by atoms with Crippen molar-refractivity contribution in [2.45, 2.75) is 76.3 Å². The van der Waals surface area contributed by atoms with Gasteiger partial charge in [-0.1, -0.05) is 0 Å². The van der Waals surface area contributed by atoms with Gasteiger partial charge < -0.3 is 20.9 Å². The van der Waals surface area contributed by atoms with E-state index in [1.165, 1.54) is 36.0 Å². The fourth-order valence-corrected chi connectivity index (χ4v) is 5.04. The smallest absolute Gasteiger partial charge is 0.308 e. The number of anilines is 2. The van der Waals surface area contributed by atoms with Crippen LogP contribution in [-0.4, -0.2) is 45.7 Å². The number of nitrogens with two attached hydrogens (primary N) is 2. The summed E-state index contributed by atoms with van der Waals surface area (Å²) >= 11 is 0. The number of nitrogen functional groups attached to an aromatic ring is 2. The molecule has 0 unspecified atom stereocenters. The molecule has 4 rings (SSSR count). The third-order valence-corrected chi connectivity index (χ3v) is 7.20. The van der Waals surface area contributed by atoms with Crippen molar-refractivity contribution in [3.63, 3.8) is 0 Å². The first-order chi connectivity index (χ1) is 18.0. The zero-order valence-corrected chi connectivity index (χ0v) is 21.4. The first-order valence-corrected chi connectivity index (χ1v) is 12.5. The molecule has 0 bridgehead atoms. The number of esters is 2. The van der Waals surface area contributed by atoms with Gasteiger partial charge in [0.15, 0.2) is 11.4 Å². The lowest BCUT2D eigenvalue weighted by Crippen LogP contribution is -2.24. The van der Waals surface area contributed by atoms with Crippen molar-refractivity contribution in [2.75, 3.05) is 25.7 Å². The Morgan fingerprint density at radius 2 is 1.05 bits per heavy atom. The van der Waals surface area contributed by atoms with E-state index in [0.717, 1.165) is 0 Å². The molecule has 0 aromatic carbocycles. The second kappa shape index (κ2) is 13.0. The summed E-state index contributed by atoms with van der Waals surface area (Å²) in [6.07, 6.45) is 3.15. The average Bonchev–Trinajstić information content (AvgIpc) is 3.51. The Morgan fingerprint density at radius 3 is 1.29 bits per heavy atom. The molecule has 2 saturated carbocycles. The van der Waals surface area contributed by atoms with E-state index in [2.05, 4.69) is 10.2 Å². The van der Waals surface area contributed by atoms with Crippen LogP contribution in [0, 0.1) is 11.8 Å². The first-order valence-electron chi connectivity index (χ1n) is 12.5. The van der Waals surface area contributed by atoms with Gasteiger partial charge in [-0.25, -0.2) is 17.6 Å². The lowest BCUT2D eigenvalue weighted by Gasteiger charge is -2.27. The number of nitrogens with zero attached hydrogens (tertiary/aromatic N) is 4. The van der Waals surface area contributed by atoms with Gasteiger partial charge in [-0.15, -0.1) is 0 Å². The van der Waals surface area contributed by atoms with E-state index >= 15 is 0 Å². The van der Waals surface area contributed by atoms with Gasteiger partial charge in [0.25, 0.3) is 12.9 Å². The number of carbonyl (C=O) groups is 2. The van der Waals surface area contributed by atoms with E-state index in [9.17, 15) is 27.2 Å². The van der Waals surface area contributed by atoms with Gasteiger partial charge in [0, 0.05) is 12.4 Å². The van der Waals surface area contributed by atoms with E-state index in [1.807, 2.05) is 0 Å². The first kappa shape index (κ1) is 29.2. The Hall–Kier alpha value is -3.32. The summed E-state index contributed by atoms with van der Waals surface area (Å²) in [6.45, 7) is 0. The van der Waals surface area contributed by atoms with Crippen LogP contribution in [0.15, 0.2) is 12.4 Å². The molecular weight excluding hydrogens is 512 g/mol. The maximum atomic E-state index is 12.6. The Bertz CT molecular complexity index is 992. The van der Waals surface area contributed by atoms with Gasteiger partial charge >= 0.3 is 11.9 Å². The molecule has 2 heterocycles. The maximum Gasteiger partial charge on any atom is 0.308 e. The summed E-state index contributed by atoms with van der Waals surface area (Å²) in [7, 11) is 2.75. The minimum atomic E-state index is -2.66. The van der Waals surface area contributed by atoms with Crippen molar-refractivity contribution in [2.24, 2.45) is 11.8 Å². The molecule has 2 aliphatic rings. The monoisotopic (exact) mass is 546 g/mol. The molecule has 14 heteroatoms. The van der Waals surface area contributed by atoms with E-state index in [4.69, 9.17) is 20.9 Å². The van der Waals surface area contributed by atoms with Gasteiger partial charge in [0.2, 0.25) is 0 Å². The predicted octanol–water partition coefficient (Wildman–Crippen LogP) is 4.61. The molecule has 212 valence electrons. The van der Waals surface area contributed by atoms with Crippen LogP contribution in [0.2, 0.25) is 0 Å². The second-order valence-electron chi connectivity index (χ2n) is 9.56. The zero-order valence-electron chi connectivity index (χ0n) is 21.4. The standard InChI is InChI=1S/2C12H17F2N3O2/c2*1-19-12(18)7-2-4-8(5-3-7)17-6-9(15)10(16-17)11(13)14/h2*6-8,11H,2-5,15H2,1H3. The van der Waals surface area contributed by atoms with Crippen LogP contribution in [0.25, 0.3) is 0 Å². The maximum absolute atomic E-state index is 12.6. The molecule has 2 aromatic rings. The van der Waals surface area contributed by atoms with E-state index in [0.29, 0.717) is 51.4 Å². The lowest BCUT2D eigenvalue weighted by atomic mass is 9.86. The van der Waals surface area contributed by atoms with Crippen LogP contribution in [0.4, 0.5) is 28.9 Å². The number of aromatic nitrogens is 4. The summed E-state index contributed by atoms with van der Waals surface area (Å²) in [6, 6.07) is 0.0476. The summed E-state index contributed by atoms with van der Waals surface area (Å²) in [5.41, 5.74) is 10.3. The molecule has 10 nitrogen and oxygen atoms in total. The number of ether oxygens (including phenoxy) is 2.